The van der Waals surface area contributed by atoms with Gasteiger partial charge in [-0.2, -0.15) is 0 Å². The lowest BCUT2D eigenvalue weighted by molar-refractivity contribution is -0.143. The summed E-state index contributed by atoms with van der Waals surface area (Å²) in [6, 6.07) is -0.627. The molecule has 2 unspecified atom stereocenters. The zero-order chi connectivity index (χ0) is 66.3. The average molecular weight is 1290 g/mol. The second-order valence-electron chi connectivity index (χ2n) is 29.2. The van der Waals surface area contributed by atoms with Crippen molar-refractivity contribution < 1.29 is 24.5 Å². The second-order valence-corrected chi connectivity index (χ2v) is 29.2. The van der Waals surface area contributed by atoms with Gasteiger partial charge in [0.25, 0.3) is 0 Å². The number of rotatable bonds is 80. The fraction of sp³-hybridized carbons (Fsp3) is 0.907. The minimum atomic E-state index is -0.844. The number of nitrogens with one attached hydrogen (secondary N) is 1. The number of unbranched alkanes of at least 4 members (excludes halogenated alkanes) is 65. The Morgan fingerprint density at radius 2 is 0.543 bits per heavy atom. The molecule has 0 heterocycles. The molecule has 0 aliphatic heterocycles. The van der Waals surface area contributed by atoms with Gasteiger partial charge in [-0.05, 0) is 64.2 Å². The standard InChI is InChI=1S/C86H165NO5/c1-3-5-7-9-11-13-15-17-19-21-22-40-43-47-50-54-58-62-66-70-74-78-84(89)83(82-88)87-85(90)79-75-71-67-63-59-55-51-48-44-41-38-36-34-32-30-28-26-24-23-25-27-29-31-33-35-37-39-42-45-49-53-57-61-65-69-73-77-81-92-86(91)80-76-72-68-64-60-56-52-46-20-18-16-14-12-10-8-6-4-2/h23,25,29,31,74,78,83-84,88-89H,3-22,24,26-28,30,32-73,75-77,79-82H2,1-2H3,(H,87,90)/b25-23-,31-29-,78-74+. The molecule has 1 amide bonds. The number of esters is 1. The summed E-state index contributed by atoms with van der Waals surface area (Å²) in [6.07, 6.45) is 107. The van der Waals surface area contributed by atoms with Gasteiger partial charge >= 0.3 is 5.97 Å². The van der Waals surface area contributed by atoms with Crippen molar-refractivity contribution in [3.05, 3.63) is 36.5 Å². The van der Waals surface area contributed by atoms with Crippen molar-refractivity contribution >= 4 is 11.9 Å². The van der Waals surface area contributed by atoms with Crippen LogP contribution in [0.3, 0.4) is 0 Å². The molecule has 0 aliphatic rings. The van der Waals surface area contributed by atoms with E-state index >= 15 is 0 Å². The zero-order valence-corrected chi connectivity index (χ0v) is 62.6. The summed E-state index contributed by atoms with van der Waals surface area (Å²) in [5.74, 6) is -0.0370. The Bertz CT molecular complexity index is 1490. The number of carbonyl (C=O) groups is 2. The van der Waals surface area contributed by atoms with Gasteiger partial charge in [0.2, 0.25) is 5.91 Å². The van der Waals surface area contributed by atoms with Crippen LogP contribution in [0.4, 0.5) is 0 Å². The number of amides is 1. The van der Waals surface area contributed by atoms with Gasteiger partial charge in [0.05, 0.1) is 25.4 Å². The van der Waals surface area contributed by atoms with Crippen molar-refractivity contribution in [2.45, 2.75) is 488 Å². The van der Waals surface area contributed by atoms with Crippen LogP contribution < -0.4 is 5.32 Å². The fourth-order valence-corrected chi connectivity index (χ4v) is 13.5. The van der Waals surface area contributed by atoms with Gasteiger partial charge in [-0.3, -0.25) is 9.59 Å². The maximum absolute atomic E-state index is 12.5. The van der Waals surface area contributed by atoms with Gasteiger partial charge < -0.3 is 20.3 Å². The minimum Gasteiger partial charge on any atom is -0.466 e. The summed E-state index contributed by atoms with van der Waals surface area (Å²) in [5, 5.41) is 23.3. The normalized spacial score (nSPS) is 12.6. The predicted molar refractivity (Wildman–Crippen MR) is 407 cm³/mol. The van der Waals surface area contributed by atoms with Gasteiger partial charge in [0, 0.05) is 12.8 Å². The molecule has 0 rings (SSSR count). The lowest BCUT2D eigenvalue weighted by atomic mass is 10.0. The van der Waals surface area contributed by atoms with Crippen LogP contribution in [0.15, 0.2) is 36.5 Å². The second kappa shape index (κ2) is 81.5. The highest BCUT2D eigenvalue weighted by Gasteiger charge is 2.18. The molecule has 0 aliphatic carbocycles. The topological polar surface area (TPSA) is 95.9 Å². The van der Waals surface area contributed by atoms with Crippen molar-refractivity contribution in [2.24, 2.45) is 0 Å². The molecule has 544 valence electrons. The van der Waals surface area contributed by atoms with Crippen LogP contribution >= 0.6 is 0 Å². The van der Waals surface area contributed by atoms with Crippen molar-refractivity contribution in [3.8, 4) is 0 Å². The van der Waals surface area contributed by atoms with Crippen molar-refractivity contribution in [1.29, 1.82) is 0 Å². The van der Waals surface area contributed by atoms with E-state index in [9.17, 15) is 19.8 Å². The first kappa shape index (κ1) is 90.1. The van der Waals surface area contributed by atoms with E-state index in [1.165, 1.54) is 405 Å². The molecule has 92 heavy (non-hydrogen) atoms. The van der Waals surface area contributed by atoms with Crippen LogP contribution in [0, 0.1) is 0 Å². The lowest BCUT2D eigenvalue weighted by Gasteiger charge is -2.20. The van der Waals surface area contributed by atoms with Gasteiger partial charge in [0.1, 0.15) is 0 Å². The van der Waals surface area contributed by atoms with E-state index in [4.69, 9.17) is 4.74 Å². The summed E-state index contributed by atoms with van der Waals surface area (Å²) >= 11 is 0. The third-order valence-electron chi connectivity index (χ3n) is 19.9. The largest absolute Gasteiger partial charge is 0.466 e. The average Bonchev–Trinajstić information content (AvgIpc) is 3.76. The van der Waals surface area contributed by atoms with E-state index in [2.05, 4.69) is 43.5 Å². The Kier molecular flexibility index (Phi) is 79.8. The Labute approximate surface area is 576 Å². The minimum absolute atomic E-state index is 0.0235. The summed E-state index contributed by atoms with van der Waals surface area (Å²) in [7, 11) is 0. The van der Waals surface area contributed by atoms with Gasteiger partial charge in [-0.15, -0.1) is 0 Å². The van der Waals surface area contributed by atoms with Crippen LogP contribution in [0.2, 0.25) is 0 Å². The maximum atomic E-state index is 12.5. The first-order valence-corrected chi connectivity index (χ1v) is 42.3. The molecule has 0 aromatic heterocycles. The number of allylic oxidation sites excluding steroid dienone is 5. The molecule has 3 N–H and O–H groups in total. The number of hydrogen-bond donors (Lipinski definition) is 3. The van der Waals surface area contributed by atoms with Crippen molar-refractivity contribution in [3.63, 3.8) is 0 Å². The molecule has 6 nitrogen and oxygen atoms in total. The van der Waals surface area contributed by atoms with Crippen LogP contribution in [-0.4, -0.2) is 47.4 Å². The van der Waals surface area contributed by atoms with E-state index in [0.29, 0.717) is 19.4 Å². The lowest BCUT2D eigenvalue weighted by Crippen LogP contribution is -2.45. The Hall–Kier alpha value is -1.92. The number of carbonyl (C=O) groups excluding carboxylic acids is 2. The molecular weight excluding hydrogens is 1130 g/mol. The summed E-state index contributed by atoms with van der Waals surface area (Å²) < 4.78 is 5.52. The number of hydrogen-bond acceptors (Lipinski definition) is 5. The van der Waals surface area contributed by atoms with E-state index < -0.39 is 12.1 Å². The molecule has 0 radical (unpaired) electrons. The van der Waals surface area contributed by atoms with E-state index in [-0.39, 0.29) is 18.5 Å². The molecule has 6 heteroatoms. The third kappa shape index (κ3) is 77.1. The monoisotopic (exact) mass is 1290 g/mol. The van der Waals surface area contributed by atoms with Gasteiger partial charge in [0.15, 0.2) is 0 Å². The van der Waals surface area contributed by atoms with E-state index in [1.54, 1.807) is 6.08 Å². The smallest absolute Gasteiger partial charge is 0.305 e. The first-order chi connectivity index (χ1) is 45.5. The molecule has 0 bridgehead atoms. The highest BCUT2D eigenvalue weighted by molar-refractivity contribution is 5.76. The van der Waals surface area contributed by atoms with Crippen LogP contribution in [0.5, 0.6) is 0 Å². The maximum Gasteiger partial charge on any atom is 0.305 e. The zero-order valence-electron chi connectivity index (χ0n) is 62.6. The summed E-state index contributed by atoms with van der Waals surface area (Å²) in [5.41, 5.74) is 0. The molecule has 0 aromatic carbocycles. The number of ether oxygens (including phenoxy) is 1. The summed E-state index contributed by atoms with van der Waals surface area (Å²) in [4.78, 5) is 24.7. The third-order valence-corrected chi connectivity index (χ3v) is 19.9. The van der Waals surface area contributed by atoms with Crippen LogP contribution in [0.1, 0.15) is 476 Å². The highest BCUT2D eigenvalue weighted by Crippen LogP contribution is 2.20. The van der Waals surface area contributed by atoms with Gasteiger partial charge in [-0.1, -0.05) is 436 Å². The van der Waals surface area contributed by atoms with E-state index in [1.807, 2.05) is 6.08 Å². The molecule has 0 saturated carbocycles. The first-order valence-electron chi connectivity index (χ1n) is 42.3. The quantitative estimate of drug-likeness (QED) is 0.0320. The summed E-state index contributed by atoms with van der Waals surface area (Å²) in [6.45, 7) is 4.96. The number of aliphatic hydroxyl groups excluding tert-OH is 2. The SMILES string of the molecule is CCCCCCCCCCCCCCCCCCCCC/C=C/C(O)C(CO)NC(=O)CCCCCCCCCCCCCCCCCCC/C=C\C/C=C\CCCCCCCCCCCCCCCOC(=O)CCCCCCCCCCCCCCCCCCC. The van der Waals surface area contributed by atoms with Crippen molar-refractivity contribution in [1.82, 2.24) is 5.32 Å². The molecule has 0 fully saturated rings. The fourth-order valence-electron chi connectivity index (χ4n) is 13.5. The van der Waals surface area contributed by atoms with Crippen molar-refractivity contribution in [2.75, 3.05) is 13.2 Å². The Balaban J connectivity index is 3.37. The Morgan fingerprint density at radius 3 is 0.826 bits per heavy atom. The molecular formula is C86H165NO5. The van der Waals surface area contributed by atoms with Gasteiger partial charge in [-0.25, -0.2) is 0 Å². The molecule has 0 aromatic rings. The highest BCUT2D eigenvalue weighted by atomic mass is 16.5. The number of aliphatic hydroxyl groups is 2. The predicted octanol–water partition coefficient (Wildman–Crippen LogP) is 28.2. The Morgan fingerprint density at radius 1 is 0.304 bits per heavy atom. The molecule has 2 atom stereocenters. The molecule has 0 saturated heterocycles. The van der Waals surface area contributed by atoms with Crippen LogP contribution in [-0.2, 0) is 14.3 Å². The van der Waals surface area contributed by atoms with Crippen LogP contribution in [0.25, 0.3) is 0 Å². The van der Waals surface area contributed by atoms with E-state index in [0.717, 1.165) is 44.9 Å². The molecule has 0 spiro atoms.